The first-order valence-corrected chi connectivity index (χ1v) is 13.0. The van der Waals surface area contributed by atoms with Crippen molar-refractivity contribution < 1.29 is 39.8 Å². The van der Waals surface area contributed by atoms with Crippen molar-refractivity contribution in [1.82, 2.24) is 24.7 Å². The van der Waals surface area contributed by atoms with Crippen molar-refractivity contribution in [2.75, 3.05) is 16.4 Å². The van der Waals surface area contributed by atoms with Crippen LogP contribution in [0.15, 0.2) is 66.7 Å². The summed E-state index contributed by atoms with van der Waals surface area (Å²) in [5, 5.41) is 47.7. The second-order valence-electron chi connectivity index (χ2n) is 9.58. The third kappa shape index (κ3) is 6.66. The molecule has 0 unspecified atom stereocenters. The predicted molar refractivity (Wildman–Crippen MR) is 159 cm³/mol. The van der Waals surface area contributed by atoms with Gasteiger partial charge in [-0.15, -0.1) is 0 Å². The molecule has 8 N–H and O–H groups in total. The van der Waals surface area contributed by atoms with Crippen LogP contribution in [-0.4, -0.2) is 63.2 Å². The summed E-state index contributed by atoms with van der Waals surface area (Å²) in [7, 11) is 0. The number of nitrogens with two attached hydrogens (primary N) is 1. The van der Waals surface area contributed by atoms with E-state index in [1.165, 1.54) is 35.0 Å². The Morgan fingerprint density at radius 1 is 0.800 bits per heavy atom. The first-order valence-electron chi connectivity index (χ1n) is 13.0. The first kappa shape index (κ1) is 30.1. The summed E-state index contributed by atoms with van der Waals surface area (Å²) in [6.07, 6.45) is 0. The fourth-order valence-corrected chi connectivity index (χ4v) is 4.35. The number of hydrogen-bond acceptors (Lipinski definition) is 12. The van der Waals surface area contributed by atoms with Crippen molar-refractivity contribution in [2.24, 2.45) is 0 Å². The largest absolute Gasteiger partial charge is 0.478 e. The average molecular weight is 613 g/mol. The minimum absolute atomic E-state index is 0.0419. The van der Waals surface area contributed by atoms with Gasteiger partial charge in [0.2, 0.25) is 11.9 Å². The molecule has 0 spiro atoms. The zero-order chi connectivity index (χ0) is 32.2. The molecule has 0 aliphatic heterocycles. The molecule has 16 nitrogen and oxygen atoms in total. The van der Waals surface area contributed by atoms with Crippen molar-refractivity contribution >= 4 is 47.0 Å². The maximum absolute atomic E-state index is 11.7. The van der Waals surface area contributed by atoms with Gasteiger partial charge in [0.1, 0.15) is 12.4 Å². The summed E-state index contributed by atoms with van der Waals surface area (Å²) < 4.78 is 1.27. The third-order valence-electron chi connectivity index (χ3n) is 6.44. The van der Waals surface area contributed by atoms with E-state index < -0.39 is 17.9 Å². The number of carboxylic acids is 3. The number of nitrogens with zero attached hydrogens (tertiary/aromatic N) is 5. The van der Waals surface area contributed by atoms with E-state index in [-0.39, 0.29) is 58.3 Å². The van der Waals surface area contributed by atoms with Gasteiger partial charge in [-0.2, -0.15) is 24.7 Å². The Kier molecular flexibility index (Phi) is 8.33. The van der Waals surface area contributed by atoms with Crippen LogP contribution < -0.4 is 16.4 Å². The van der Waals surface area contributed by atoms with E-state index in [2.05, 4.69) is 35.6 Å². The van der Waals surface area contributed by atoms with Crippen LogP contribution in [0.1, 0.15) is 42.2 Å². The maximum atomic E-state index is 11.7. The zero-order valence-electron chi connectivity index (χ0n) is 23.3. The van der Waals surface area contributed by atoms with E-state index in [1.807, 2.05) is 30.3 Å². The van der Waals surface area contributed by atoms with Gasteiger partial charge in [0, 0.05) is 22.5 Å². The smallest absolute Gasteiger partial charge is 0.335 e. The molecule has 0 saturated heterocycles. The van der Waals surface area contributed by atoms with Crippen LogP contribution in [0.5, 0.6) is 0 Å². The Bertz CT molecular complexity index is 1910. The van der Waals surface area contributed by atoms with Gasteiger partial charge >= 0.3 is 17.9 Å². The van der Waals surface area contributed by atoms with Crippen LogP contribution in [0.25, 0.3) is 17.2 Å². The van der Waals surface area contributed by atoms with Gasteiger partial charge in [-0.05, 0) is 48.9 Å². The molecule has 5 aromatic rings. The lowest BCUT2D eigenvalue weighted by Gasteiger charge is -2.13. The zero-order valence-corrected chi connectivity index (χ0v) is 23.3. The Hall–Kier alpha value is -6.39. The monoisotopic (exact) mass is 612 g/mol. The number of anilines is 5. The number of carboxylic acid groups (broad SMARTS) is 3. The minimum atomic E-state index is -1.35. The van der Waals surface area contributed by atoms with E-state index >= 15 is 0 Å². The average Bonchev–Trinajstić information content (AvgIpc) is 3.31. The molecule has 0 bridgehead atoms. The highest BCUT2D eigenvalue weighted by Crippen LogP contribution is 2.29. The summed E-state index contributed by atoms with van der Waals surface area (Å²) in [4.78, 5) is 52.3. The number of hydrogen-bond donors (Lipinski definition) is 7. The maximum Gasteiger partial charge on any atom is 0.335 e. The summed E-state index contributed by atoms with van der Waals surface area (Å²) in [6, 6.07) is 16.7. The number of rotatable bonds is 11. The van der Waals surface area contributed by atoms with Gasteiger partial charge in [-0.3, -0.25) is 5.26 Å². The first-order chi connectivity index (χ1) is 21.5. The lowest BCUT2D eigenvalue weighted by molar-refractivity contribution is -0.253. The molecule has 0 amide bonds. The highest BCUT2D eigenvalue weighted by Gasteiger charge is 2.20. The molecule has 2 aromatic heterocycles. The summed E-state index contributed by atoms with van der Waals surface area (Å²) in [5.41, 5.74) is 8.24. The van der Waals surface area contributed by atoms with Crippen LogP contribution in [0.4, 0.5) is 29.1 Å². The third-order valence-corrected chi connectivity index (χ3v) is 6.44. The van der Waals surface area contributed by atoms with Crippen LogP contribution in [0.2, 0.25) is 0 Å². The van der Waals surface area contributed by atoms with Crippen LogP contribution in [0, 0.1) is 6.92 Å². The van der Waals surface area contributed by atoms with Gasteiger partial charge in [0.05, 0.1) is 22.4 Å². The van der Waals surface area contributed by atoms with Gasteiger partial charge in [-0.1, -0.05) is 30.3 Å². The van der Waals surface area contributed by atoms with Gasteiger partial charge in [0.25, 0.3) is 5.95 Å². The van der Waals surface area contributed by atoms with Crippen molar-refractivity contribution in [3.63, 3.8) is 0 Å². The van der Waals surface area contributed by atoms with Crippen molar-refractivity contribution in [3.8, 4) is 17.2 Å². The number of benzene rings is 3. The molecule has 0 atom stereocenters. The summed E-state index contributed by atoms with van der Waals surface area (Å²) in [6.45, 7) is 1.47. The topological polar surface area (TPSA) is 248 Å². The number of carbonyl (C=O) groups is 3. The molecule has 45 heavy (non-hydrogen) atoms. The molecular formula is C29H24N8O8. The molecule has 2 heterocycles. The lowest BCUT2D eigenvalue weighted by atomic mass is 10.1. The molecule has 3 aromatic carbocycles. The molecule has 0 fully saturated rings. The Morgan fingerprint density at radius 3 is 1.87 bits per heavy atom. The van der Waals surface area contributed by atoms with Crippen molar-refractivity contribution in [1.29, 1.82) is 0 Å². The number of nitrogens with one attached hydrogen (secondary N) is 2. The van der Waals surface area contributed by atoms with Gasteiger partial charge in [-0.25, -0.2) is 19.3 Å². The molecule has 16 heteroatoms. The van der Waals surface area contributed by atoms with Gasteiger partial charge < -0.3 is 31.7 Å². The minimum Gasteiger partial charge on any atom is -0.478 e. The van der Waals surface area contributed by atoms with E-state index in [0.717, 1.165) is 11.6 Å². The quantitative estimate of drug-likeness (QED) is 0.0816. The Morgan fingerprint density at radius 2 is 1.33 bits per heavy atom. The molecule has 0 radical (unpaired) electrons. The van der Waals surface area contributed by atoms with E-state index in [9.17, 15) is 29.7 Å². The summed E-state index contributed by atoms with van der Waals surface area (Å²) in [5.74, 6) is -4.11. The summed E-state index contributed by atoms with van der Waals surface area (Å²) >= 11 is 0. The fraction of sp³-hybridized carbons (Fsp3) is 0.0690. The van der Waals surface area contributed by atoms with Crippen molar-refractivity contribution in [3.05, 3.63) is 94.5 Å². The lowest BCUT2D eigenvalue weighted by Crippen LogP contribution is -2.13. The molecule has 0 aliphatic carbocycles. The molecule has 228 valence electrons. The predicted octanol–water partition coefficient (Wildman–Crippen LogP) is 4.19. The molecule has 5 rings (SSSR count). The Labute approximate surface area is 253 Å². The fourth-order valence-electron chi connectivity index (χ4n) is 4.35. The highest BCUT2D eigenvalue weighted by molar-refractivity contribution is 5.95. The second kappa shape index (κ2) is 12.5. The SMILES string of the molecule is Cc1c(-c2ccccc2)nn(-c2nc(Nc3cc(COO)cc(C(=O)O)c3)nc(Nc3cc(C(=O)O)cc(C(=O)O)c3)n2)c1N. The van der Waals surface area contributed by atoms with Gasteiger partial charge in [0.15, 0.2) is 0 Å². The van der Waals surface area contributed by atoms with Crippen LogP contribution in [-0.2, 0) is 11.5 Å². The molecular weight excluding hydrogens is 588 g/mol. The normalized spacial score (nSPS) is 10.8. The van der Waals surface area contributed by atoms with Crippen molar-refractivity contribution in [2.45, 2.75) is 13.5 Å². The second-order valence-corrected chi connectivity index (χ2v) is 9.58. The standard InChI is InChI=1S/C29H24N8O8/c1-14-22(16-5-3-2-4-6-16)36-37(23(14)30)29-34-27(31-20-8-15(13-45-44)7-17(10-20)24(38)39)33-28(35-29)32-21-11-18(25(40)41)9-19(12-21)26(42)43/h2-12,44H,13,30H2,1H3,(H,38,39)(H,40,41)(H,42,43)(H2,31,32,33,34,35). The molecule has 0 aliphatic rings. The Balaban J connectivity index is 1.64. The van der Waals surface area contributed by atoms with E-state index in [0.29, 0.717) is 16.8 Å². The van der Waals surface area contributed by atoms with Crippen LogP contribution >= 0.6 is 0 Å². The highest BCUT2D eigenvalue weighted by atomic mass is 17.1. The van der Waals surface area contributed by atoms with Crippen LogP contribution in [0.3, 0.4) is 0 Å². The van der Waals surface area contributed by atoms with E-state index in [1.54, 1.807) is 6.92 Å². The number of nitrogen functional groups attached to an aromatic ring is 1. The van der Waals surface area contributed by atoms with E-state index in [4.69, 9.17) is 11.0 Å². The number of aromatic nitrogens is 5. The number of aromatic carboxylic acids is 3. The molecule has 0 saturated carbocycles.